The molecule has 0 spiro atoms. The largest absolute Gasteiger partial charge is 0.443 e. The van der Waals surface area contributed by atoms with Gasteiger partial charge in [-0.1, -0.05) is 18.2 Å². The molecule has 10 heavy (non-hydrogen) atoms. The van der Waals surface area contributed by atoms with Gasteiger partial charge in [-0.2, -0.15) is 0 Å². The van der Waals surface area contributed by atoms with E-state index < -0.39 is 0 Å². The summed E-state index contributed by atoms with van der Waals surface area (Å²) in [6.07, 6.45) is 0.968. The summed E-state index contributed by atoms with van der Waals surface area (Å²) in [4.78, 5) is 2.68. The van der Waals surface area contributed by atoms with Gasteiger partial charge >= 0.3 is 6.40 Å². The first kappa shape index (κ1) is 6.52. The second kappa shape index (κ2) is 3.43. The van der Waals surface area contributed by atoms with Crippen LogP contribution in [0, 0.1) is 0 Å². The third-order valence-electron chi connectivity index (χ3n) is 0.979. The van der Waals surface area contributed by atoms with Gasteiger partial charge in [0.2, 0.25) is 0 Å². The van der Waals surface area contributed by atoms with E-state index in [0.717, 1.165) is 6.40 Å². The van der Waals surface area contributed by atoms with Crippen LogP contribution in [-0.2, 0) is 0 Å². The van der Waals surface area contributed by atoms with E-state index in [1.807, 2.05) is 18.2 Å². The van der Waals surface area contributed by atoms with Crippen LogP contribution in [0.1, 0.15) is 0 Å². The molecule has 0 bridgehead atoms. The molecule has 1 rings (SSSR count). The number of rotatable bonds is 2. The second-order valence-corrected chi connectivity index (χ2v) is 1.65. The normalized spacial score (nSPS) is 8.00. The Hall–Kier alpha value is -1.60. The molecule has 0 unspecified atom stereocenters. The number of hydrogen-bond acceptors (Lipinski definition) is 1. The van der Waals surface area contributed by atoms with Crippen molar-refractivity contribution in [3.8, 4) is 5.75 Å². The van der Waals surface area contributed by atoms with Gasteiger partial charge in [-0.15, -0.1) is 4.79 Å². The van der Waals surface area contributed by atoms with Gasteiger partial charge < -0.3 is 10.3 Å². The Morgan fingerprint density at radius 2 is 2.00 bits per heavy atom. The number of ether oxygens (including phenoxy) is 1. The molecule has 0 radical (unpaired) electrons. The molecule has 0 aliphatic carbocycles. The minimum atomic E-state index is 0.653. The summed E-state index contributed by atoms with van der Waals surface area (Å²) in [7, 11) is 0. The van der Waals surface area contributed by atoms with E-state index >= 15 is 0 Å². The van der Waals surface area contributed by atoms with E-state index in [2.05, 4.69) is 4.79 Å². The molecule has 0 heterocycles. The van der Waals surface area contributed by atoms with Crippen molar-refractivity contribution in [2.24, 2.45) is 0 Å². The lowest BCUT2D eigenvalue weighted by Crippen LogP contribution is -1.88. The van der Waals surface area contributed by atoms with Crippen LogP contribution in [0.2, 0.25) is 0 Å². The maximum atomic E-state index is 7.97. The number of hydrogen-bond donors (Lipinski definition) is 0. The van der Waals surface area contributed by atoms with Gasteiger partial charge in [-0.05, 0) is 12.1 Å². The molecular weight excluding hydrogens is 128 g/mol. The average Bonchev–Trinajstić information content (AvgIpc) is 2.03. The molecule has 0 atom stereocenters. The molecule has 1 aromatic rings. The lowest BCUT2D eigenvalue weighted by atomic mass is 10.3. The Kier molecular flexibility index (Phi) is 2.24. The molecule has 0 fully saturated rings. The van der Waals surface area contributed by atoms with Crippen LogP contribution in [0.5, 0.6) is 5.75 Å². The first-order valence-corrected chi connectivity index (χ1v) is 2.81. The lowest BCUT2D eigenvalue weighted by Gasteiger charge is -1.90. The van der Waals surface area contributed by atoms with Crippen LogP contribution in [0.25, 0.3) is 5.53 Å². The highest BCUT2D eigenvalue weighted by atomic mass is 16.5. The minimum absolute atomic E-state index is 0.653. The van der Waals surface area contributed by atoms with Crippen molar-refractivity contribution < 1.29 is 9.53 Å². The van der Waals surface area contributed by atoms with E-state index in [0.29, 0.717) is 5.75 Å². The minimum Gasteiger partial charge on any atom is -0.399 e. The molecule has 3 heteroatoms. The first-order chi connectivity index (χ1) is 4.93. The zero-order chi connectivity index (χ0) is 7.23. The third-order valence-corrected chi connectivity index (χ3v) is 0.979. The summed E-state index contributed by atoms with van der Waals surface area (Å²) < 4.78 is 4.81. The molecule has 0 aromatic heterocycles. The Morgan fingerprint density at radius 1 is 1.30 bits per heavy atom. The van der Waals surface area contributed by atoms with Crippen LogP contribution in [-0.4, -0.2) is 11.2 Å². The second-order valence-electron chi connectivity index (χ2n) is 1.65. The molecule has 0 aliphatic rings. The van der Waals surface area contributed by atoms with Gasteiger partial charge in [0.1, 0.15) is 5.75 Å². The predicted molar refractivity (Wildman–Crippen MR) is 36.8 cm³/mol. The van der Waals surface area contributed by atoms with Crippen molar-refractivity contribution in [3.63, 3.8) is 0 Å². The molecule has 0 saturated carbocycles. The fraction of sp³-hybridized carbons (Fsp3) is 0. The summed E-state index contributed by atoms with van der Waals surface area (Å²) in [5.41, 5.74) is 7.97. The fourth-order valence-electron chi connectivity index (χ4n) is 0.583. The Balaban J connectivity index is 2.67. The molecule has 0 saturated heterocycles. The zero-order valence-corrected chi connectivity index (χ0v) is 5.27. The monoisotopic (exact) mass is 134 g/mol. The lowest BCUT2D eigenvalue weighted by molar-refractivity contribution is -0.0150. The van der Waals surface area contributed by atoms with Crippen LogP contribution in [0.3, 0.4) is 0 Å². The van der Waals surface area contributed by atoms with E-state index in [4.69, 9.17) is 10.3 Å². The van der Waals surface area contributed by atoms with E-state index in [1.54, 1.807) is 12.1 Å². The Labute approximate surface area is 58.5 Å². The maximum absolute atomic E-state index is 7.97. The summed E-state index contributed by atoms with van der Waals surface area (Å²) in [5, 5.41) is 0. The van der Waals surface area contributed by atoms with Gasteiger partial charge in [0, 0.05) is 0 Å². The number of nitrogens with zero attached hydrogens (tertiary/aromatic N) is 2. The third kappa shape index (κ3) is 1.73. The first-order valence-electron chi connectivity index (χ1n) is 2.81. The quantitative estimate of drug-likeness (QED) is 0.260. The van der Waals surface area contributed by atoms with Crippen molar-refractivity contribution in [1.29, 1.82) is 0 Å². The van der Waals surface area contributed by atoms with Gasteiger partial charge in [0.15, 0.2) is 0 Å². The van der Waals surface area contributed by atoms with Crippen molar-refractivity contribution >= 4 is 6.40 Å². The topological polar surface area (TPSA) is 45.6 Å². The Morgan fingerprint density at radius 3 is 2.60 bits per heavy atom. The molecular formula is C7H6N2O. The summed E-state index contributed by atoms with van der Waals surface area (Å²) in [6.45, 7) is 0. The molecule has 1 aromatic carbocycles. The highest BCUT2D eigenvalue weighted by Gasteiger charge is 1.86. The van der Waals surface area contributed by atoms with Gasteiger partial charge in [0.25, 0.3) is 0 Å². The van der Waals surface area contributed by atoms with Crippen molar-refractivity contribution in [2.75, 3.05) is 0 Å². The smallest absolute Gasteiger partial charge is 0.399 e. The molecule has 0 amide bonds. The van der Waals surface area contributed by atoms with Gasteiger partial charge in [-0.25, -0.2) is 0 Å². The SMILES string of the molecule is [N-]=[N+]=COc1ccccc1. The average molecular weight is 134 g/mol. The highest BCUT2D eigenvalue weighted by molar-refractivity contribution is 5.45. The van der Waals surface area contributed by atoms with Crippen molar-refractivity contribution in [2.45, 2.75) is 0 Å². The van der Waals surface area contributed by atoms with Crippen LogP contribution >= 0.6 is 0 Å². The number of benzene rings is 1. The predicted octanol–water partition coefficient (Wildman–Crippen LogP) is 1.32. The summed E-state index contributed by atoms with van der Waals surface area (Å²) in [6, 6.07) is 9.08. The molecule has 0 N–H and O–H groups in total. The molecule has 3 nitrogen and oxygen atoms in total. The molecule has 50 valence electrons. The van der Waals surface area contributed by atoms with Crippen LogP contribution < -0.4 is 4.74 Å². The fourth-order valence-corrected chi connectivity index (χ4v) is 0.583. The standard InChI is InChI=1S/C7H6N2O/c8-9-6-10-7-4-2-1-3-5-7/h1-6H. The summed E-state index contributed by atoms with van der Waals surface area (Å²) >= 11 is 0. The van der Waals surface area contributed by atoms with Crippen molar-refractivity contribution in [1.82, 2.24) is 0 Å². The van der Waals surface area contributed by atoms with E-state index in [-0.39, 0.29) is 0 Å². The van der Waals surface area contributed by atoms with E-state index in [1.165, 1.54) is 0 Å². The van der Waals surface area contributed by atoms with Crippen molar-refractivity contribution in [3.05, 3.63) is 35.9 Å². The molecule has 0 aliphatic heterocycles. The van der Waals surface area contributed by atoms with Gasteiger partial charge in [0.05, 0.1) is 0 Å². The zero-order valence-electron chi connectivity index (χ0n) is 5.27. The number of para-hydroxylation sites is 1. The maximum Gasteiger partial charge on any atom is 0.443 e. The summed E-state index contributed by atoms with van der Waals surface area (Å²) in [5.74, 6) is 0.653. The van der Waals surface area contributed by atoms with Crippen LogP contribution in [0.15, 0.2) is 30.3 Å². The van der Waals surface area contributed by atoms with E-state index in [9.17, 15) is 0 Å². The Bertz CT molecular complexity index is 239. The van der Waals surface area contributed by atoms with Gasteiger partial charge in [-0.3, -0.25) is 0 Å². The highest BCUT2D eigenvalue weighted by Crippen LogP contribution is 2.05. The van der Waals surface area contributed by atoms with Crippen LogP contribution in [0.4, 0.5) is 0 Å².